The van der Waals surface area contributed by atoms with Gasteiger partial charge >= 0.3 is 6.09 Å². The van der Waals surface area contributed by atoms with Crippen molar-refractivity contribution in [3.63, 3.8) is 0 Å². The largest absolute Gasteiger partial charge is 0.449 e. The van der Waals surface area contributed by atoms with E-state index in [0.717, 1.165) is 23.7 Å². The van der Waals surface area contributed by atoms with Crippen molar-refractivity contribution >= 4 is 6.09 Å². The Morgan fingerprint density at radius 3 is 2.62 bits per heavy atom. The molecule has 5 heteroatoms. The topological polar surface area (TPSA) is 56.8 Å². The quantitative estimate of drug-likeness (QED) is 0.540. The molecule has 1 spiro atoms. The van der Waals surface area contributed by atoms with Crippen LogP contribution in [0, 0.1) is 51.8 Å². The van der Waals surface area contributed by atoms with Gasteiger partial charge in [-0.25, -0.2) is 4.79 Å². The minimum Gasteiger partial charge on any atom is -0.449 e. The van der Waals surface area contributed by atoms with Gasteiger partial charge in [0.05, 0.1) is 19.3 Å². The number of hydrogen-bond donors (Lipinski definition) is 1. The van der Waals surface area contributed by atoms with Gasteiger partial charge in [0, 0.05) is 26.2 Å². The van der Waals surface area contributed by atoms with Crippen LogP contribution in [0.15, 0.2) is 0 Å². The summed E-state index contributed by atoms with van der Waals surface area (Å²) >= 11 is 0. The first-order valence-electron chi connectivity index (χ1n) is 13.2. The predicted octanol–water partition coefficient (Wildman–Crippen LogP) is 5.28. The first-order chi connectivity index (χ1) is 15.3. The molecule has 1 amide bonds. The summed E-state index contributed by atoms with van der Waals surface area (Å²) in [7, 11) is 3.61. The first-order valence-corrected chi connectivity index (χ1v) is 13.2. The molecule has 10 atom stereocenters. The van der Waals surface area contributed by atoms with Gasteiger partial charge in [-0.05, 0) is 97.7 Å². The molecular formula is C27H45NO4. The summed E-state index contributed by atoms with van der Waals surface area (Å²) in [6.07, 6.45) is 11.1. The van der Waals surface area contributed by atoms with Crippen LogP contribution in [0.5, 0.6) is 0 Å². The molecule has 182 valence electrons. The molecule has 5 rings (SSSR count). The minimum atomic E-state index is -0.314. The molecule has 0 bridgehead atoms. The number of carbonyl (C=O) groups is 1. The molecule has 0 saturated heterocycles. The third-order valence-electron chi connectivity index (χ3n) is 11.6. The molecule has 5 aliphatic carbocycles. The molecule has 5 fully saturated rings. The van der Waals surface area contributed by atoms with Crippen molar-refractivity contribution in [2.24, 2.45) is 51.8 Å². The van der Waals surface area contributed by atoms with Crippen molar-refractivity contribution in [3.05, 3.63) is 0 Å². The number of methoxy groups -OCH3 is 2. The highest BCUT2D eigenvalue weighted by Crippen LogP contribution is 2.82. The van der Waals surface area contributed by atoms with Crippen molar-refractivity contribution in [1.82, 2.24) is 5.32 Å². The van der Waals surface area contributed by atoms with Crippen molar-refractivity contribution in [2.45, 2.75) is 78.2 Å². The van der Waals surface area contributed by atoms with Gasteiger partial charge in [0.2, 0.25) is 0 Å². The fourth-order valence-electron chi connectivity index (χ4n) is 10.2. The third kappa shape index (κ3) is 3.12. The summed E-state index contributed by atoms with van der Waals surface area (Å²) in [5, 5.41) is 2.78. The zero-order chi connectivity index (χ0) is 22.7. The second kappa shape index (κ2) is 8.15. The summed E-state index contributed by atoms with van der Waals surface area (Å²) in [5.74, 6) is 4.48. The van der Waals surface area contributed by atoms with Crippen LogP contribution < -0.4 is 5.32 Å². The van der Waals surface area contributed by atoms with Crippen LogP contribution in [0.2, 0.25) is 0 Å². The van der Waals surface area contributed by atoms with Gasteiger partial charge in [0.1, 0.15) is 0 Å². The lowest BCUT2D eigenvalue weighted by Crippen LogP contribution is -2.57. The van der Waals surface area contributed by atoms with Crippen LogP contribution in [0.4, 0.5) is 4.79 Å². The van der Waals surface area contributed by atoms with E-state index in [4.69, 9.17) is 14.2 Å². The van der Waals surface area contributed by atoms with E-state index in [1.54, 1.807) is 7.11 Å². The summed E-state index contributed by atoms with van der Waals surface area (Å²) < 4.78 is 16.8. The van der Waals surface area contributed by atoms with E-state index in [1.807, 2.05) is 7.11 Å². The first kappa shape index (κ1) is 23.0. The zero-order valence-corrected chi connectivity index (χ0v) is 21.0. The molecule has 1 N–H and O–H groups in total. The van der Waals surface area contributed by atoms with E-state index in [2.05, 4.69) is 26.1 Å². The van der Waals surface area contributed by atoms with Crippen molar-refractivity contribution in [2.75, 3.05) is 34.0 Å². The molecule has 5 aliphatic rings. The van der Waals surface area contributed by atoms with Gasteiger partial charge in [0.15, 0.2) is 0 Å². The van der Waals surface area contributed by atoms with Crippen LogP contribution in [0.25, 0.3) is 0 Å². The molecule has 5 nitrogen and oxygen atoms in total. The summed E-state index contributed by atoms with van der Waals surface area (Å²) in [4.78, 5) is 12.0. The molecule has 0 aromatic heterocycles. The van der Waals surface area contributed by atoms with E-state index in [9.17, 15) is 4.79 Å². The van der Waals surface area contributed by atoms with Gasteiger partial charge in [-0.2, -0.15) is 0 Å². The predicted molar refractivity (Wildman–Crippen MR) is 124 cm³/mol. The maximum absolute atomic E-state index is 12.0. The lowest BCUT2D eigenvalue weighted by atomic mass is 9.45. The molecule has 0 aliphatic heterocycles. The molecule has 0 aromatic rings. The van der Waals surface area contributed by atoms with Crippen LogP contribution in [0.3, 0.4) is 0 Å². The smallest absolute Gasteiger partial charge is 0.407 e. The van der Waals surface area contributed by atoms with Crippen LogP contribution in [-0.2, 0) is 14.2 Å². The Hall–Kier alpha value is -0.810. The maximum Gasteiger partial charge on any atom is 0.407 e. The average molecular weight is 448 g/mol. The number of ether oxygens (including phenoxy) is 3. The zero-order valence-electron chi connectivity index (χ0n) is 21.0. The van der Waals surface area contributed by atoms with E-state index >= 15 is 0 Å². The Morgan fingerprint density at radius 2 is 1.91 bits per heavy atom. The molecular weight excluding hydrogens is 402 g/mol. The number of alkyl carbamates (subject to hydrolysis) is 1. The van der Waals surface area contributed by atoms with Gasteiger partial charge in [-0.15, -0.1) is 0 Å². The van der Waals surface area contributed by atoms with E-state index in [-0.39, 0.29) is 6.09 Å². The number of rotatable bonds is 7. The number of carbonyl (C=O) groups excluding carboxylic acids is 1. The Labute approximate surface area is 194 Å². The lowest BCUT2D eigenvalue weighted by molar-refractivity contribution is -0.161. The molecule has 5 saturated carbocycles. The minimum absolute atomic E-state index is 0.314. The average Bonchev–Trinajstić information content (AvgIpc) is 3.28. The number of fused-ring (bicyclic) bond motifs is 4. The Bertz CT molecular complexity index is 728. The van der Waals surface area contributed by atoms with Crippen LogP contribution >= 0.6 is 0 Å². The normalized spacial score (nSPS) is 49.4. The number of nitrogens with one attached hydrogen (secondary N) is 1. The second-order valence-corrected chi connectivity index (χ2v) is 12.5. The second-order valence-electron chi connectivity index (χ2n) is 12.5. The van der Waals surface area contributed by atoms with Gasteiger partial charge in [-0.3, -0.25) is 0 Å². The molecule has 0 radical (unpaired) electrons. The fraction of sp³-hybridized carbons (Fsp3) is 0.963. The standard InChI is InChI=1S/C27H45NO4/c1-17(16-32-24(29)28-12-13-30-4)20-6-7-21-19-14-23(31-5)27-15-18(27)8-11-26(27,3)22(19)9-10-25(20,21)2/h17-23H,6-16H2,1-5H3,(H,28,29)/t17-,18-,19+,20-,21+,22+,23?,25-,26-,27?/m1/s1. The maximum atomic E-state index is 12.0. The third-order valence-corrected chi connectivity index (χ3v) is 11.6. The van der Waals surface area contributed by atoms with Crippen LogP contribution in [-0.4, -0.2) is 46.2 Å². The number of hydrogen-bond acceptors (Lipinski definition) is 4. The number of amides is 1. The summed E-state index contributed by atoms with van der Waals surface area (Å²) in [6, 6.07) is 0. The van der Waals surface area contributed by atoms with Crippen LogP contribution in [0.1, 0.15) is 72.1 Å². The van der Waals surface area contributed by atoms with Gasteiger partial charge in [0.25, 0.3) is 0 Å². The fourth-order valence-corrected chi connectivity index (χ4v) is 10.2. The van der Waals surface area contributed by atoms with Gasteiger partial charge in [-0.1, -0.05) is 20.8 Å². The van der Waals surface area contributed by atoms with E-state index < -0.39 is 0 Å². The van der Waals surface area contributed by atoms with Crippen molar-refractivity contribution < 1.29 is 19.0 Å². The molecule has 32 heavy (non-hydrogen) atoms. The summed E-state index contributed by atoms with van der Waals surface area (Å²) in [6.45, 7) is 9.05. The highest BCUT2D eigenvalue weighted by molar-refractivity contribution is 5.67. The molecule has 2 unspecified atom stereocenters. The van der Waals surface area contributed by atoms with E-state index in [0.29, 0.717) is 53.9 Å². The highest BCUT2D eigenvalue weighted by atomic mass is 16.5. The Kier molecular flexibility index (Phi) is 5.84. The molecule has 0 aromatic carbocycles. The Morgan fingerprint density at radius 1 is 1.09 bits per heavy atom. The molecule has 0 heterocycles. The highest BCUT2D eigenvalue weighted by Gasteiger charge is 2.77. The SMILES string of the molecule is COCCNC(=O)OC[C@@H](C)[C@H]1CC[C@H]2[C@@H]3CC(OC)C45C[C@H]4CC[C@]5(C)[C@H]3CC[C@]12C. The van der Waals surface area contributed by atoms with E-state index in [1.165, 1.54) is 51.4 Å². The van der Waals surface area contributed by atoms with Gasteiger partial charge < -0.3 is 19.5 Å². The van der Waals surface area contributed by atoms with Crippen molar-refractivity contribution in [1.29, 1.82) is 0 Å². The summed E-state index contributed by atoms with van der Waals surface area (Å²) in [5.41, 5.74) is 1.37. The monoisotopic (exact) mass is 447 g/mol. The lowest BCUT2D eigenvalue weighted by Gasteiger charge is -2.61. The van der Waals surface area contributed by atoms with Crippen molar-refractivity contribution in [3.8, 4) is 0 Å². The Balaban J connectivity index is 1.27.